The SMILES string of the molecule is CC\C=C/C=C\C=C/C=C\C=C\C=C/C=C\CCCCCC(=O)OCC(COC(=O)CCCCCCC/C=C\C/C=C\CC)OC(=O)CCCCCCC\C=C/C=C\C=C/C=C\C=C/CCC. The Hall–Kier alpha value is -5.23. The van der Waals surface area contributed by atoms with Crippen molar-refractivity contribution in [2.24, 2.45) is 0 Å². The molecule has 0 fully saturated rings. The Morgan fingerprint density at radius 2 is 0.657 bits per heavy atom. The lowest BCUT2D eigenvalue weighted by atomic mass is 10.1. The number of carbonyl (C=O) groups excluding carboxylic acids is 3. The lowest BCUT2D eigenvalue weighted by molar-refractivity contribution is -0.167. The van der Waals surface area contributed by atoms with E-state index in [9.17, 15) is 14.4 Å². The fraction of sp³-hybridized carbons (Fsp3) is 0.492. The van der Waals surface area contributed by atoms with Crippen molar-refractivity contribution >= 4 is 17.9 Å². The highest BCUT2D eigenvalue weighted by Crippen LogP contribution is 2.12. The fourth-order valence-electron chi connectivity index (χ4n) is 6.20. The molecule has 1 atom stereocenters. The Bertz CT molecular complexity index is 1620. The highest BCUT2D eigenvalue weighted by Gasteiger charge is 2.19. The van der Waals surface area contributed by atoms with Crippen LogP contribution in [0.15, 0.2) is 170 Å². The van der Waals surface area contributed by atoms with Gasteiger partial charge in [-0.05, 0) is 83.5 Å². The standard InChI is InChI=1S/C61H90O6/c1-4-7-10-13-16-19-22-25-27-29-31-33-34-36-39-42-45-48-51-54-60(63)66-57-58(56-65-59(62)53-50-47-44-41-38-24-21-18-15-12-9-6-3)67-61(64)55-52-49-46-43-40-37-35-32-30-28-26-23-20-17-14-11-8-5-2/h7,9-14,16-23,25-36,39,58H,4-6,8,15,24,37-38,40-57H2,1-3H3/b10-7-,12-9-,14-11-,16-13-,20-17-,21-18-,22-19-,26-23-,27-25-,30-28-,31-29+,34-33-,35-32-,39-36-. The zero-order chi connectivity index (χ0) is 48.6. The summed E-state index contributed by atoms with van der Waals surface area (Å²) >= 11 is 0. The normalized spacial score (nSPS) is 13.5. The van der Waals surface area contributed by atoms with E-state index in [1.807, 2.05) is 109 Å². The van der Waals surface area contributed by atoms with E-state index in [4.69, 9.17) is 14.2 Å². The molecule has 0 amide bonds. The van der Waals surface area contributed by atoms with Gasteiger partial charge in [0.15, 0.2) is 6.10 Å². The zero-order valence-electron chi connectivity index (χ0n) is 42.1. The number of allylic oxidation sites excluding steroid dienone is 28. The highest BCUT2D eigenvalue weighted by atomic mass is 16.6. The molecule has 6 heteroatoms. The monoisotopic (exact) mass is 919 g/mol. The molecule has 0 aromatic heterocycles. The summed E-state index contributed by atoms with van der Waals surface area (Å²) in [6.07, 6.45) is 78.9. The zero-order valence-corrected chi connectivity index (χ0v) is 42.1. The number of hydrogen-bond donors (Lipinski definition) is 0. The summed E-state index contributed by atoms with van der Waals surface area (Å²) in [5, 5.41) is 0. The average Bonchev–Trinajstić information content (AvgIpc) is 3.33. The topological polar surface area (TPSA) is 78.9 Å². The van der Waals surface area contributed by atoms with Crippen LogP contribution < -0.4 is 0 Å². The summed E-state index contributed by atoms with van der Waals surface area (Å²) in [6, 6.07) is 0. The van der Waals surface area contributed by atoms with Gasteiger partial charge in [0.25, 0.3) is 0 Å². The van der Waals surface area contributed by atoms with Crippen molar-refractivity contribution < 1.29 is 28.6 Å². The molecule has 0 aliphatic carbocycles. The maximum absolute atomic E-state index is 12.8. The van der Waals surface area contributed by atoms with Gasteiger partial charge in [-0.25, -0.2) is 0 Å². The number of esters is 3. The van der Waals surface area contributed by atoms with Gasteiger partial charge >= 0.3 is 17.9 Å². The first-order chi connectivity index (χ1) is 33.0. The lowest BCUT2D eigenvalue weighted by Crippen LogP contribution is -2.30. The van der Waals surface area contributed by atoms with Gasteiger partial charge in [0.1, 0.15) is 13.2 Å². The van der Waals surface area contributed by atoms with Crippen LogP contribution in [0.5, 0.6) is 0 Å². The third-order valence-corrected chi connectivity index (χ3v) is 9.99. The molecule has 0 N–H and O–H groups in total. The first kappa shape index (κ1) is 61.8. The summed E-state index contributed by atoms with van der Waals surface area (Å²) in [6.45, 7) is 6.18. The Morgan fingerprint density at radius 1 is 0.328 bits per heavy atom. The summed E-state index contributed by atoms with van der Waals surface area (Å²) in [5.74, 6) is -1.02. The van der Waals surface area contributed by atoms with E-state index in [2.05, 4.69) is 81.5 Å². The second-order valence-corrected chi connectivity index (χ2v) is 16.3. The fourth-order valence-corrected chi connectivity index (χ4v) is 6.20. The average molecular weight is 919 g/mol. The van der Waals surface area contributed by atoms with Gasteiger partial charge in [-0.1, -0.05) is 242 Å². The molecule has 0 saturated heterocycles. The quantitative estimate of drug-likeness (QED) is 0.0199. The summed E-state index contributed by atoms with van der Waals surface area (Å²) in [5.41, 5.74) is 0. The van der Waals surface area contributed by atoms with Crippen LogP contribution in [0.4, 0.5) is 0 Å². The Kier molecular flexibility index (Phi) is 49.2. The van der Waals surface area contributed by atoms with Crippen LogP contribution in [0.3, 0.4) is 0 Å². The van der Waals surface area contributed by atoms with Gasteiger partial charge in [-0.3, -0.25) is 14.4 Å². The van der Waals surface area contributed by atoms with Crippen LogP contribution in [-0.2, 0) is 28.6 Å². The number of hydrogen-bond acceptors (Lipinski definition) is 6. The van der Waals surface area contributed by atoms with Gasteiger partial charge in [0.2, 0.25) is 0 Å². The lowest BCUT2D eigenvalue weighted by Gasteiger charge is -2.18. The maximum atomic E-state index is 12.8. The molecule has 370 valence electrons. The summed E-state index contributed by atoms with van der Waals surface area (Å²) < 4.78 is 16.7. The molecule has 0 saturated carbocycles. The predicted octanol–water partition coefficient (Wildman–Crippen LogP) is 17.2. The van der Waals surface area contributed by atoms with Gasteiger partial charge in [-0.2, -0.15) is 0 Å². The van der Waals surface area contributed by atoms with E-state index >= 15 is 0 Å². The van der Waals surface area contributed by atoms with E-state index in [0.29, 0.717) is 12.8 Å². The first-order valence-electron chi connectivity index (χ1n) is 25.8. The molecule has 0 radical (unpaired) electrons. The van der Waals surface area contributed by atoms with Crippen LogP contribution >= 0.6 is 0 Å². The molecule has 67 heavy (non-hydrogen) atoms. The maximum Gasteiger partial charge on any atom is 0.306 e. The van der Waals surface area contributed by atoms with Gasteiger partial charge < -0.3 is 14.2 Å². The van der Waals surface area contributed by atoms with Crippen LogP contribution in [0.1, 0.15) is 175 Å². The molecule has 0 heterocycles. The van der Waals surface area contributed by atoms with Crippen molar-refractivity contribution in [3.63, 3.8) is 0 Å². The largest absolute Gasteiger partial charge is 0.462 e. The highest BCUT2D eigenvalue weighted by molar-refractivity contribution is 5.71. The molecular weight excluding hydrogens is 829 g/mol. The van der Waals surface area contributed by atoms with Crippen molar-refractivity contribution in [2.75, 3.05) is 13.2 Å². The molecule has 0 aromatic carbocycles. The Morgan fingerprint density at radius 3 is 1.09 bits per heavy atom. The minimum absolute atomic E-state index is 0.121. The predicted molar refractivity (Wildman–Crippen MR) is 288 cm³/mol. The van der Waals surface area contributed by atoms with Crippen LogP contribution in [0, 0.1) is 0 Å². The summed E-state index contributed by atoms with van der Waals surface area (Å²) in [4.78, 5) is 38.0. The number of unbranched alkanes of at least 4 members (excludes halogenated alkanes) is 14. The van der Waals surface area contributed by atoms with Gasteiger partial charge in [0.05, 0.1) is 0 Å². The van der Waals surface area contributed by atoms with E-state index in [1.54, 1.807) is 0 Å². The molecule has 0 rings (SSSR count). The Balaban J connectivity index is 4.61. The van der Waals surface area contributed by atoms with E-state index in [0.717, 1.165) is 122 Å². The molecule has 0 bridgehead atoms. The van der Waals surface area contributed by atoms with E-state index in [-0.39, 0.29) is 44.0 Å². The van der Waals surface area contributed by atoms with Crippen molar-refractivity contribution in [1.29, 1.82) is 0 Å². The molecule has 0 aliphatic rings. The minimum atomic E-state index is -0.826. The third kappa shape index (κ3) is 51.6. The van der Waals surface area contributed by atoms with E-state index in [1.165, 1.54) is 6.42 Å². The van der Waals surface area contributed by atoms with Crippen molar-refractivity contribution in [3.05, 3.63) is 170 Å². The van der Waals surface area contributed by atoms with Crippen LogP contribution in [0.25, 0.3) is 0 Å². The Labute approximate surface area is 409 Å². The second kappa shape index (κ2) is 53.4. The molecule has 6 nitrogen and oxygen atoms in total. The smallest absolute Gasteiger partial charge is 0.306 e. The van der Waals surface area contributed by atoms with E-state index < -0.39 is 6.10 Å². The molecule has 0 aromatic rings. The number of rotatable bonds is 43. The molecule has 1 unspecified atom stereocenters. The number of carbonyl (C=O) groups is 3. The summed E-state index contributed by atoms with van der Waals surface area (Å²) in [7, 11) is 0. The molecule has 0 spiro atoms. The van der Waals surface area contributed by atoms with Crippen molar-refractivity contribution in [1.82, 2.24) is 0 Å². The van der Waals surface area contributed by atoms with Crippen LogP contribution in [0.2, 0.25) is 0 Å². The second-order valence-electron chi connectivity index (χ2n) is 16.3. The van der Waals surface area contributed by atoms with Gasteiger partial charge in [-0.15, -0.1) is 0 Å². The van der Waals surface area contributed by atoms with Gasteiger partial charge in [0, 0.05) is 19.3 Å². The third-order valence-electron chi connectivity index (χ3n) is 9.99. The van der Waals surface area contributed by atoms with Crippen molar-refractivity contribution in [2.45, 2.75) is 181 Å². The van der Waals surface area contributed by atoms with Crippen molar-refractivity contribution in [3.8, 4) is 0 Å². The van der Waals surface area contributed by atoms with Crippen LogP contribution in [-0.4, -0.2) is 37.2 Å². The molecule has 0 aliphatic heterocycles. The number of ether oxygens (including phenoxy) is 3. The molecular formula is C61H90O6. The minimum Gasteiger partial charge on any atom is -0.462 e. The first-order valence-corrected chi connectivity index (χ1v) is 25.8.